The second kappa shape index (κ2) is 10.2. The predicted molar refractivity (Wildman–Crippen MR) is 116 cm³/mol. The number of benzene rings is 2. The molecule has 0 aliphatic carbocycles. The van der Waals surface area contributed by atoms with Crippen molar-refractivity contribution in [3.63, 3.8) is 0 Å². The van der Waals surface area contributed by atoms with Gasteiger partial charge in [-0.2, -0.15) is 4.31 Å². The quantitative estimate of drug-likeness (QED) is 0.633. The van der Waals surface area contributed by atoms with Crippen molar-refractivity contribution in [3.8, 4) is 0 Å². The van der Waals surface area contributed by atoms with E-state index in [-0.39, 0.29) is 24.5 Å². The molecule has 2 aromatic rings. The Bertz CT molecular complexity index is 1030. The number of amides is 2. The van der Waals surface area contributed by atoms with Gasteiger partial charge >= 0.3 is 11.8 Å². The average molecular weight is 466 g/mol. The van der Waals surface area contributed by atoms with Gasteiger partial charge in [0.2, 0.25) is 10.0 Å². The largest absolute Gasteiger partial charge is 0.360 e. The number of nitrogens with one attached hydrogen (secondary N) is 2. The Morgan fingerprint density at radius 1 is 1.06 bits per heavy atom. The van der Waals surface area contributed by atoms with Crippen LogP contribution in [0.2, 0.25) is 5.02 Å². The van der Waals surface area contributed by atoms with E-state index in [0.717, 1.165) is 11.1 Å². The van der Waals surface area contributed by atoms with E-state index in [2.05, 4.69) is 10.6 Å². The predicted octanol–water partition coefficient (Wildman–Crippen LogP) is 1.82. The molecule has 2 amide bonds. The van der Waals surface area contributed by atoms with Crippen molar-refractivity contribution < 1.29 is 22.7 Å². The molecule has 166 valence electrons. The lowest BCUT2D eigenvalue weighted by molar-refractivity contribution is -0.140. The lowest BCUT2D eigenvalue weighted by atomic mass is 10.1. The van der Waals surface area contributed by atoms with Gasteiger partial charge in [-0.3, -0.25) is 9.59 Å². The highest BCUT2D eigenvalue weighted by Gasteiger charge is 2.34. The zero-order chi connectivity index (χ0) is 22.4. The molecule has 1 aliphatic heterocycles. The third-order valence-corrected chi connectivity index (χ3v) is 6.95. The smallest absolute Gasteiger partial charge is 0.309 e. The number of nitrogens with zero attached hydrogens (tertiary/aromatic N) is 1. The minimum atomic E-state index is -3.85. The maximum Gasteiger partial charge on any atom is 0.309 e. The molecule has 1 fully saturated rings. The highest BCUT2D eigenvalue weighted by Crippen LogP contribution is 2.23. The van der Waals surface area contributed by atoms with E-state index in [4.69, 9.17) is 16.3 Å². The van der Waals surface area contributed by atoms with Crippen LogP contribution in [0.4, 0.5) is 0 Å². The van der Waals surface area contributed by atoms with Crippen LogP contribution in [0, 0.1) is 6.92 Å². The number of ether oxygens (including phenoxy) is 1. The van der Waals surface area contributed by atoms with Crippen LogP contribution in [0.5, 0.6) is 0 Å². The van der Waals surface area contributed by atoms with E-state index in [9.17, 15) is 18.0 Å². The first kappa shape index (κ1) is 23.2. The van der Waals surface area contributed by atoms with Crippen LogP contribution in [0.1, 0.15) is 17.5 Å². The summed E-state index contributed by atoms with van der Waals surface area (Å²) in [6.07, 6.45) is -0.392. The Labute approximate surface area is 186 Å². The Balaban J connectivity index is 1.58. The SMILES string of the molecule is Cc1ccc(CNC(=O)C(=O)NC[C@@H]2OCCCN2S(=O)(=O)c2ccc(Cl)cc2)cc1. The van der Waals surface area contributed by atoms with E-state index in [1.807, 2.05) is 31.2 Å². The zero-order valence-corrected chi connectivity index (χ0v) is 18.6. The summed E-state index contributed by atoms with van der Waals surface area (Å²) in [7, 11) is -3.85. The number of carbonyl (C=O) groups excluding carboxylic acids is 2. The Kier molecular flexibility index (Phi) is 7.66. The van der Waals surface area contributed by atoms with Gasteiger partial charge in [-0.25, -0.2) is 8.42 Å². The molecule has 0 bridgehead atoms. The molecule has 0 radical (unpaired) electrons. The maximum absolute atomic E-state index is 13.0. The van der Waals surface area contributed by atoms with E-state index >= 15 is 0 Å². The van der Waals surface area contributed by atoms with Crippen molar-refractivity contribution in [1.82, 2.24) is 14.9 Å². The topological polar surface area (TPSA) is 105 Å². The van der Waals surface area contributed by atoms with Crippen molar-refractivity contribution in [2.45, 2.75) is 31.0 Å². The molecule has 0 spiro atoms. The number of hydrogen-bond acceptors (Lipinski definition) is 5. The minimum absolute atomic E-state index is 0.0783. The number of carbonyl (C=O) groups is 2. The Hall–Kier alpha value is -2.46. The fourth-order valence-corrected chi connectivity index (χ4v) is 4.76. The van der Waals surface area contributed by atoms with Gasteiger partial charge in [-0.05, 0) is 43.2 Å². The van der Waals surface area contributed by atoms with Gasteiger partial charge in [0.25, 0.3) is 0 Å². The molecule has 1 heterocycles. The summed E-state index contributed by atoms with van der Waals surface area (Å²) in [5, 5.41) is 5.42. The van der Waals surface area contributed by atoms with Crippen molar-refractivity contribution in [2.75, 3.05) is 19.7 Å². The Morgan fingerprint density at radius 2 is 1.71 bits per heavy atom. The van der Waals surface area contributed by atoms with Gasteiger partial charge in [0.1, 0.15) is 6.23 Å². The monoisotopic (exact) mass is 465 g/mol. The molecule has 0 unspecified atom stereocenters. The molecule has 8 nitrogen and oxygen atoms in total. The highest BCUT2D eigenvalue weighted by atomic mass is 35.5. The summed E-state index contributed by atoms with van der Waals surface area (Å²) in [4.78, 5) is 24.3. The molecule has 2 N–H and O–H groups in total. The fraction of sp³-hybridized carbons (Fsp3) is 0.333. The van der Waals surface area contributed by atoms with Gasteiger partial charge in [0, 0.05) is 18.1 Å². The van der Waals surface area contributed by atoms with Crippen LogP contribution in [0.3, 0.4) is 0 Å². The van der Waals surface area contributed by atoms with E-state index < -0.39 is 28.1 Å². The fourth-order valence-electron chi connectivity index (χ4n) is 3.07. The summed E-state index contributed by atoms with van der Waals surface area (Å²) in [6.45, 7) is 2.62. The molecule has 1 atom stereocenters. The summed E-state index contributed by atoms with van der Waals surface area (Å²) < 4.78 is 32.7. The number of sulfonamides is 1. The van der Waals surface area contributed by atoms with Crippen LogP contribution in [-0.2, 0) is 30.9 Å². The summed E-state index contributed by atoms with van der Waals surface area (Å²) in [5.74, 6) is -1.66. The van der Waals surface area contributed by atoms with Crippen LogP contribution < -0.4 is 10.6 Å². The second-order valence-electron chi connectivity index (χ2n) is 7.13. The molecular formula is C21H24ClN3O5S. The molecular weight excluding hydrogens is 442 g/mol. The standard InChI is InChI=1S/C21H24ClN3O5S/c1-15-3-5-16(6-4-15)13-23-20(26)21(27)24-14-19-25(11-2-12-30-19)31(28,29)18-9-7-17(22)8-10-18/h3-10,19H,2,11-14H2,1H3,(H,23,26)(H,24,27)/t19-/m0/s1. The maximum atomic E-state index is 13.0. The van der Waals surface area contributed by atoms with Gasteiger partial charge < -0.3 is 15.4 Å². The summed E-state index contributed by atoms with van der Waals surface area (Å²) >= 11 is 5.84. The Morgan fingerprint density at radius 3 is 2.39 bits per heavy atom. The molecule has 1 saturated heterocycles. The molecule has 3 rings (SSSR count). The van der Waals surface area contributed by atoms with E-state index in [1.165, 1.54) is 28.6 Å². The number of halogens is 1. The minimum Gasteiger partial charge on any atom is -0.360 e. The number of aryl methyl sites for hydroxylation is 1. The van der Waals surface area contributed by atoms with Crippen molar-refractivity contribution in [1.29, 1.82) is 0 Å². The second-order valence-corrected chi connectivity index (χ2v) is 9.45. The normalized spacial score (nSPS) is 17.2. The molecule has 0 saturated carbocycles. The average Bonchev–Trinajstić information content (AvgIpc) is 2.77. The van der Waals surface area contributed by atoms with Crippen molar-refractivity contribution >= 4 is 33.4 Å². The third kappa shape index (κ3) is 6.04. The highest BCUT2D eigenvalue weighted by molar-refractivity contribution is 7.89. The van der Waals surface area contributed by atoms with Crippen molar-refractivity contribution in [2.24, 2.45) is 0 Å². The lowest BCUT2D eigenvalue weighted by Crippen LogP contribution is -2.53. The van der Waals surface area contributed by atoms with Crippen molar-refractivity contribution in [3.05, 3.63) is 64.7 Å². The summed E-state index contributed by atoms with van der Waals surface area (Å²) in [6, 6.07) is 13.4. The molecule has 10 heteroatoms. The van der Waals surface area contributed by atoms with E-state index in [1.54, 1.807) is 0 Å². The third-order valence-electron chi connectivity index (χ3n) is 4.79. The van der Waals surface area contributed by atoms with Crippen LogP contribution in [-0.4, -0.2) is 50.5 Å². The molecule has 1 aliphatic rings. The first-order chi connectivity index (χ1) is 14.8. The molecule has 0 aromatic heterocycles. The zero-order valence-electron chi connectivity index (χ0n) is 17.0. The first-order valence-corrected chi connectivity index (χ1v) is 11.6. The number of hydrogen-bond donors (Lipinski definition) is 2. The first-order valence-electron chi connectivity index (χ1n) is 9.78. The van der Waals surface area contributed by atoms with E-state index in [0.29, 0.717) is 18.1 Å². The van der Waals surface area contributed by atoms with Gasteiger partial charge in [0.15, 0.2) is 0 Å². The van der Waals surface area contributed by atoms with Crippen LogP contribution in [0.15, 0.2) is 53.4 Å². The molecule has 2 aromatic carbocycles. The summed E-state index contributed by atoms with van der Waals surface area (Å²) in [5.41, 5.74) is 1.96. The van der Waals surface area contributed by atoms with Gasteiger partial charge in [-0.15, -0.1) is 0 Å². The van der Waals surface area contributed by atoms with Gasteiger partial charge in [-0.1, -0.05) is 41.4 Å². The number of rotatable bonds is 6. The van der Waals surface area contributed by atoms with Gasteiger partial charge in [0.05, 0.1) is 18.0 Å². The van der Waals surface area contributed by atoms with Crippen LogP contribution in [0.25, 0.3) is 0 Å². The van der Waals surface area contributed by atoms with Crippen LogP contribution >= 0.6 is 11.6 Å². The lowest BCUT2D eigenvalue weighted by Gasteiger charge is -2.34. The molecule has 31 heavy (non-hydrogen) atoms.